The second-order valence-corrected chi connectivity index (χ2v) is 4.44. The van der Waals surface area contributed by atoms with Crippen LogP contribution in [0.3, 0.4) is 0 Å². The van der Waals surface area contributed by atoms with E-state index in [4.69, 9.17) is 10.8 Å². The van der Waals surface area contributed by atoms with Gasteiger partial charge in [0.25, 0.3) is 0 Å². The quantitative estimate of drug-likeness (QED) is 0.709. The first-order valence-corrected chi connectivity index (χ1v) is 6.18. The lowest BCUT2D eigenvalue weighted by molar-refractivity contribution is 0.283. The molecule has 1 heterocycles. The summed E-state index contributed by atoms with van der Waals surface area (Å²) in [6.45, 7) is 3.21. The van der Waals surface area contributed by atoms with Gasteiger partial charge in [0.2, 0.25) is 0 Å². The fourth-order valence-corrected chi connectivity index (χ4v) is 1.68. The summed E-state index contributed by atoms with van der Waals surface area (Å²) in [4.78, 5) is 6.47. The van der Waals surface area contributed by atoms with Crippen LogP contribution < -0.4 is 10.6 Å². The lowest BCUT2D eigenvalue weighted by Crippen LogP contribution is -2.20. The molecule has 0 aromatic carbocycles. The molecule has 0 aliphatic rings. The zero-order chi connectivity index (χ0) is 12.7. The second-order valence-electron chi connectivity index (χ2n) is 4.44. The van der Waals surface area contributed by atoms with E-state index in [1.54, 1.807) is 6.20 Å². The van der Waals surface area contributed by atoms with Crippen LogP contribution in [0.4, 0.5) is 5.82 Å². The van der Waals surface area contributed by atoms with E-state index in [2.05, 4.69) is 9.88 Å². The third-order valence-electron chi connectivity index (χ3n) is 2.84. The highest BCUT2D eigenvalue weighted by Gasteiger charge is 2.05. The molecule has 4 heteroatoms. The Kier molecular flexibility index (Phi) is 5.94. The fraction of sp³-hybridized carbons (Fsp3) is 0.615. The lowest BCUT2D eigenvalue weighted by Gasteiger charge is -2.19. The molecular formula is C13H23N3O. The molecule has 96 valence electrons. The average Bonchev–Trinajstić information content (AvgIpc) is 2.34. The molecule has 3 N–H and O–H groups in total. The van der Waals surface area contributed by atoms with Crippen molar-refractivity contribution < 1.29 is 5.11 Å². The summed E-state index contributed by atoms with van der Waals surface area (Å²) in [6.07, 6.45) is 4.80. The van der Waals surface area contributed by atoms with Crippen molar-refractivity contribution in [3.05, 3.63) is 23.9 Å². The molecule has 1 aromatic rings. The summed E-state index contributed by atoms with van der Waals surface area (Å²) >= 11 is 0. The number of aliphatic hydroxyl groups excluding tert-OH is 1. The maximum Gasteiger partial charge on any atom is 0.128 e. The average molecular weight is 237 g/mol. The highest BCUT2D eigenvalue weighted by molar-refractivity contribution is 5.40. The molecule has 1 rings (SSSR count). The summed E-state index contributed by atoms with van der Waals surface area (Å²) in [5.74, 6) is 0.962. The minimum atomic E-state index is 0.0412. The minimum Gasteiger partial charge on any atom is -0.396 e. The molecule has 4 nitrogen and oxygen atoms in total. The predicted molar refractivity (Wildman–Crippen MR) is 71.0 cm³/mol. The molecule has 0 saturated carbocycles. The molecule has 0 aliphatic heterocycles. The summed E-state index contributed by atoms with van der Waals surface area (Å²) in [5.41, 5.74) is 6.96. The third kappa shape index (κ3) is 4.71. The van der Waals surface area contributed by atoms with E-state index in [9.17, 15) is 0 Å². The van der Waals surface area contributed by atoms with Crippen molar-refractivity contribution in [2.45, 2.75) is 32.2 Å². The van der Waals surface area contributed by atoms with Gasteiger partial charge >= 0.3 is 0 Å². The van der Waals surface area contributed by atoms with Gasteiger partial charge in [-0.3, -0.25) is 0 Å². The van der Waals surface area contributed by atoms with Crippen molar-refractivity contribution >= 4 is 5.82 Å². The van der Waals surface area contributed by atoms with Crippen LogP contribution in [0, 0.1) is 0 Å². The van der Waals surface area contributed by atoms with E-state index in [1.807, 2.05) is 26.1 Å². The highest BCUT2D eigenvalue weighted by Crippen LogP contribution is 2.16. The Morgan fingerprint density at radius 3 is 2.82 bits per heavy atom. The normalized spacial score (nSPS) is 12.5. The van der Waals surface area contributed by atoms with Crippen molar-refractivity contribution in [3.8, 4) is 0 Å². The molecule has 1 aromatic heterocycles. The molecule has 0 aliphatic carbocycles. The first-order chi connectivity index (χ1) is 8.15. The van der Waals surface area contributed by atoms with Crippen LogP contribution in [0.25, 0.3) is 0 Å². The third-order valence-corrected chi connectivity index (χ3v) is 2.84. The molecule has 0 spiro atoms. The molecule has 0 amide bonds. The van der Waals surface area contributed by atoms with Crippen LogP contribution in [0.15, 0.2) is 18.3 Å². The van der Waals surface area contributed by atoms with Gasteiger partial charge in [-0.1, -0.05) is 0 Å². The fourth-order valence-electron chi connectivity index (χ4n) is 1.68. The topological polar surface area (TPSA) is 62.4 Å². The molecule has 0 unspecified atom stereocenters. The number of hydrogen-bond donors (Lipinski definition) is 2. The number of nitrogens with zero attached hydrogens (tertiary/aromatic N) is 2. The number of pyridine rings is 1. The maximum atomic E-state index is 8.71. The van der Waals surface area contributed by atoms with Crippen molar-refractivity contribution in [3.63, 3.8) is 0 Å². The Morgan fingerprint density at radius 1 is 1.41 bits per heavy atom. The molecule has 0 saturated heterocycles. The lowest BCUT2D eigenvalue weighted by atomic mass is 10.1. The first-order valence-electron chi connectivity index (χ1n) is 6.18. The number of anilines is 1. The van der Waals surface area contributed by atoms with Gasteiger partial charge in [0.05, 0.1) is 0 Å². The Bertz CT molecular complexity index is 328. The van der Waals surface area contributed by atoms with Crippen molar-refractivity contribution in [1.82, 2.24) is 4.98 Å². The van der Waals surface area contributed by atoms with Crippen molar-refractivity contribution in [1.29, 1.82) is 0 Å². The van der Waals surface area contributed by atoms with E-state index in [1.165, 1.54) is 0 Å². The maximum absolute atomic E-state index is 8.71. The van der Waals surface area contributed by atoms with E-state index >= 15 is 0 Å². The Labute approximate surface area is 103 Å². The molecule has 17 heavy (non-hydrogen) atoms. The Balaban J connectivity index is 2.50. The number of nitrogens with two attached hydrogens (primary N) is 1. The zero-order valence-electron chi connectivity index (χ0n) is 10.8. The summed E-state index contributed by atoms with van der Waals surface area (Å²) in [6, 6.07) is 4.03. The van der Waals surface area contributed by atoms with Crippen LogP contribution in [0.2, 0.25) is 0 Å². The largest absolute Gasteiger partial charge is 0.396 e. The number of unbranched alkanes of at least 4 members (excludes halogenated alkanes) is 2. The monoisotopic (exact) mass is 237 g/mol. The van der Waals surface area contributed by atoms with Gasteiger partial charge in [-0.05, 0) is 43.9 Å². The van der Waals surface area contributed by atoms with Gasteiger partial charge in [0.1, 0.15) is 5.82 Å². The van der Waals surface area contributed by atoms with E-state index < -0.39 is 0 Å². The van der Waals surface area contributed by atoms with Gasteiger partial charge in [-0.15, -0.1) is 0 Å². The van der Waals surface area contributed by atoms with E-state index in [0.717, 1.165) is 37.2 Å². The molecule has 0 fully saturated rings. The Morgan fingerprint density at radius 2 is 2.18 bits per heavy atom. The van der Waals surface area contributed by atoms with E-state index in [-0.39, 0.29) is 12.6 Å². The van der Waals surface area contributed by atoms with Crippen molar-refractivity contribution in [2.24, 2.45) is 5.73 Å². The molecule has 0 bridgehead atoms. The summed E-state index contributed by atoms with van der Waals surface area (Å²) in [5, 5.41) is 8.71. The highest BCUT2D eigenvalue weighted by atomic mass is 16.2. The zero-order valence-corrected chi connectivity index (χ0v) is 10.8. The van der Waals surface area contributed by atoms with Gasteiger partial charge in [-0.25, -0.2) is 4.98 Å². The minimum absolute atomic E-state index is 0.0412. The number of aromatic nitrogens is 1. The smallest absolute Gasteiger partial charge is 0.128 e. The molecule has 1 atom stereocenters. The molecular weight excluding hydrogens is 214 g/mol. The number of aliphatic hydroxyl groups is 1. The summed E-state index contributed by atoms with van der Waals surface area (Å²) < 4.78 is 0. The van der Waals surface area contributed by atoms with Crippen LogP contribution in [-0.2, 0) is 0 Å². The van der Waals surface area contributed by atoms with Crippen LogP contribution >= 0.6 is 0 Å². The number of hydrogen-bond acceptors (Lipinski definition) is 4. The SMILES string of the molecule is C[C@H](N)c1ccnc(N(C)CCCCCO)c1. The standard InChI is InChI=1S/C13H23N3O/c1-11(14)12-6-7-15-13(10-12)16(2)8-4-3-5-9-17/h6-7,10-11,17H,3-5,8-9,14H2,1-2H3/t11-/m0/s1. The first kappa shape index (κ1) is 13.9. The predicted octanol–water partition coefficient (Wildman–Crippen LogP) is 1.70. The Hall–Kier alpha value is -1.13. The van der Waals surface area contributed by atoms with Gasteiger partial charge in [0, 0.05) is 32.4 Å². The summed E-state index contributed by atoms with van der Waals surface area (Å²) in [7, 11) is 2.03. The van der Waals surface area contributed by atoms with Gasteiger partial charge in [-0.2, -0.15) is 0 Å². The van der Waals surface area contributed by atoms with Crippen LogP contribution in [0.1, 0.15) is 37.8 Å². The number of rotatable bonds is 7. The van der Waals surface area contributed by atoms with Gasteiger partial charge < -0.3 is 15.7 Å². The van der Waals surface area contributed by atoms with E-state index in [0.29, 0.717) is 0 Å². The van der Waals surface area contributed by atoms with Crippen molar-refractivity contribution in [2.75, 3.05) is 25.1 Å². The molecule has 0 radical (unpaired) electrons. The second kappa shape index (κ2) is 7.25. The van der Waals surface area contributed by atoms with Gasteiger partial charge in [0.15, 0.2) is 0 Å². The van der Waals surface area contributed by atoms with Crippen LogP contribution in [-0.4, -0.2) is 30.3 Å². The van der Waals surface area contributed by atoms with Crippen LogP contribution in [0.5, 0.6) is 0 Å².